The summed E-state index contributed by atoms with van der Waals surface area (Å²) in [5, 5.41) is 49.7. The van der Waals surface area contributed by atoms with E-state index in [1.165, 1.54) is 11.8 Å². The highest BCUT2D eigenvalue weighted by molar-refractivity contribution is 7.99. The minimum absolute atomic E-state index is 0.00445. The van der Waals surface area contributed by atoms with Crippen LogP contribution >= 0.6 is 11.8 Å². The van der Waals surface area contributed by atoms with Gasteiger partial charge < -0.3 is 39.7 Å². The first-order chi connectivity index (χ1) is 13.0. The quantitative estimate of drug-likeness (QED) is 0.416. The summed E-state index contributed by atoms with van der Waals surface area (Å²) in [4.78, 5) is 0. The van der Waals surface area contributed by atoms with Crippen LogP contribution in [-0.2, 0) is 20.0 Å². The molecule has 0 radical (unpaired) electrons. The first kappa shape index (κ1) is 21.0. The van der Waals surface area contributed by atoms with Gasteiger partial charge in [-0.3, -0.25) is 0 Å². The fourth-order valence-electron chi connectivity index (χ4n) is 3.17. The maximum atomic E-state index is 10.6. The summed E-state index contributed by atoms with van der Waals surface area (Å²) < 4.78 is 16.7. The highest BCUT2D eigenvalue weighted by Crippen LogP contribution is 2.31. The number of ether oxygens (including phenoxy) is 3. The molecule has 1 aromatic rings. The molecule has 2 aliphatic heterocycles. The number of rotatable bonds is 6. The SMILES string of the molecule is OC[C@H]1O[C@@H](O[C@@H]2[C@@H](O)[C@H](SCc3ccccc3)OC[C@H]2O)C[C@@H](O)[C@@H]1O. The summed E-state index contributed by atoms with van der Waals surface area (Å²) in [6.07, 6.45) is -7.47. The second-order valence-corrected chi connectivity index (χ2v) is 7.82. The van der Waals surface area contributed by atoms with Crippen molar-refractivity contribution in [1.29, 1.82) is 0 Å². The van der Waals surface area contributed by atoms with Crippen molar-refractivity contribution in [1.82, 2.24) is 0 Å². The van der Waals surface area contributed by atoms with E-state index in [9.17, 15) is 25.5 Å². The molecule has 8 atom stereocenters. The molecule has 0 spiro atoms. The Morgan fingerprint density at radius 3 is 2.48 bits per heavy atom. The smallest absolute Gasteiger partial charge is 0.161 e. The lowest BCUT2D eigenvalue weighted by atomic mass is 10.0. The van der Waals surface area contributed by atoms with Crippen LogP contribution < -0.4 is 0 Å². The number of hydrogen-bond donors (Lipinski definition) is 5. The third-order valence-electron chi connectivity index (χ3n) is 4.71. The summed E-state index contributed by atoms with van der Waals surface area (Å²) in [6, 6.07) is 9.74. The molecule has 0 aromatic heterocycles. The van der Waals surface area contributed by atoms with Gasteiger partial charge in [-0.2, -0.15) is 0 Å². The number of aliphatic hydroxyl groups excluding tert-OH is 5. The summed E-state index contributed by atoms with van der Waals surface area (Å²) in [5.74, 6) is 0.628. The molecule has 1 aromatic carbocycles. The van der Waals surface area contributed by atoms with E-state index in [1.54, 1.807) is 0 Å². The van der Waals surface area contributed by atoms with Gasteiger partial charge in [0.1, 0.15) is 36.0 Å². The number of aliphatic hydroxyl groups is 5. The van der Waals surface area contributed by atoms with Crippen LogP contribution in [0.5, 0.6) is 0 Å². The van der Waals surface area contributed by atoms with E-state index >= 15 is 0 Å². The Morgan fingerprint density at radius 2 is 1.78 bits per heavy atom. The lowest BCUT2D eigenvalue weighted by molar-refractivity contribution is -0.299. The predicted octanol–water partition coefficient (Wildman–Crippen LogP) is -0.788. The van der Waals surface area contributed by atoms with Crippen LogP contribution in [0.15, 0.2) is 30.3 Å². The van der Waals surface area contributed by atoms with Crippen LogP contribution in [0.1, 0.15) is 12.0 Å². The summed E-state index contributed by atoms with van der Waals surface area (Å²) in [5.41, 5.74) is 0.492. The number of thioether (sulfide) groups is 1. The summed E-state index contributed by atoms with van der Waals surface area (Å²) in [6.45, 7) is -0.484. The average molecular weight is 402 g/mol. The van der Waals surface area contributed by atoms with Crippen molar-refractivity contribution < 1.29 is 39.7 Å². The maximum absolute atomic E-state index is 10.6. The Morgan fingerprint density at radius 1 is 1.04 bits per heavy atom. The normalized spacial score (nSPS) is 40.0. The van der Waals surface area contributed by atoms with Crippen LogP contribution in [0.25, 0.3) is 0 Å². The van der Waals surface area contributed by atoms with Gasteiger partial charge >= 0.3 is 0 Å². The fourth-order valence-corrected chi connectivity index (χ4v) is 4.25. The molecule has 9 heteroatoms. The summed E-state index contributed by atoms with van der Waals surface area (Å²) in [7, 11) is 0. The molecule has 0 aliphatic carbocycles. The van der Waals surface area contributed by atoms with E-state index in [-0.39, 0.29) is 13.0 Å². The molecule has 2 aliphatic rings. The van der Waals surface area contributed by atoms with Crippen LogP contribution in [0.3, 0.4) is 0 Å². The Balaban J connectivity index is 1.58. The molecule has 27 heavy (non-hydrogen) atoms. The van der Waals surface area contributed by atoms with E-state index in [0.29, 0.717) is 5.75 Å². The van der Waals surface area contributed by atoms with E-state index in [0.717, 1.165) is 5.56 Å². The molecule has 2 saturated heterocycles. The third kappa shape index (κ3) is 5.20. The molecule has 0 saturated carbocycles. The Kier molecular flexibility index (Phi) is 7.49. The van der Waals surface area contributed by atoms with Gasteiger partial charge in [-0.05, 0) is 5.56 Å². The first-order valence-electron chi connectivity index (χ1n) is 8.90. The molecular formula is C18H26O8S. The molecule has 152 valence electrons. The molecule has 0 bridgehead atoms. The first-order valence-corrected chi connectivity index (χ1v) is 9.95. The molecule has 2 fully saturated rings. The molecular weight excluding hydrogens is 376 g/mol. The monoisotopic (exact) mass is 402 g/mol. The highest BCUT2D eigenvalue weighted by Gasteiger charge is 2.44. The number of benzene rings is 1. The Hall–Kier alpha value is -0.750. The molecule has 2 heterocycles. The molecule has 0 unspecified atom stereocenters. The minimum atomic E-state index is -1.21. The van der Waals surface area contributed by atoms with Crippen LogP contribution in [-0.4, -0.2) is 87.1 Å². The zero-order chi connectivity index (χ0) is 19.4. The van der Waals surface area contributed by atoms with Gasteiger partial charge in [-0.25, -0.2) is 0 Å². The maximum Gasteiger partial charge on any atom is 0.161 e. The van der Waals surface area contributed by atoms with Crippen molar-refractivity contribution in [3.63, 3.8) is 0 Å². The van der Waals surface area contributed by atoms with Crippen molar-refractivity contribution in [2.45, 2.75) is 60.5 Å². The Labute approximate surface area is 161 Å². The van der Waals surface area contributed by atoms with E-state index in [1.807, 2.05) is 30.3 Å². The Bertz CT molecular complexity index is 576. The highest BCUT2D eigenvalue weighted by atomic mass is 32.2. The molecule has 5 N–H and O–H groups in total. The summed E-state index contributed by atoms with van der Waals surface area (Å²) >= 11 is 1.40. The van der Waals surface area contributed by atoms with Crippen molar-refractivity contribution in [2.24, 2.45) is 0 Å². The second kappa shape index (κ2) is 9.64. The minimum Gasteiger partial charge on any atom is -0.394 e. The van der Waals surface area contributed by atoms with Gasteiger partial charge in [0.2, 0.25) is 0 Å². The molecule has 3 rings (SSSR count). The van der Waals surface area contributed by atoms with E-state index < -0.39 is 55.0 Å². The van der Waals surface area contributed by atoms with Crippen molar-refractivity contribution in [3.8, 4) is 0 Å². The van der Waals surface area contributed by atoms with Crippen molar-refractivity contribution in [3.05, 3.63) is 35.9 Å². The predicted molar refractivity (Wildman–Crippen MR) is 96.7 cm³/mol. The molecule has 8 nitrogen and oxygen atoms in total. The largest absolute Gasteiger partial charge is 0.394 e. The molecule has 0 amide bonds. The van der Waals surface area contributed by atoms with Gasteiger partial charge in [-0.15, -0.1) is 11.8 Å². The average Bonchev–Trinajstić information content (AvgIpc) is 2.68. The van der Waals surface area contributed by atoms with Gasteiger partial charge in [0.15, 0.2) is 6.29 Å². The second-order valence-electron chi connectivity index (χ2n) is 6.74. The van der Waals surface area contributed by atoms with Gasteiger partial charge in [0.25, 0.3) is 0 Å². The van der Waals surface area contributed by atoms with Crippen LogP contribution in [0.4, 0.5) is 0 Å². The van der Waals surface area contributed by atoms with Crippen molar-refractivity contribution in [2.75, 3.05) is 13.2 Å². The van der Waals surface area contributed by atoms with Crippen molar-refractivity contribution >= 4 is 11.8 Å². The van der Waals surface area contributed by atoms with Gasteiger partial charge in [0, 0.05) is 12.2 Å². The van der Waals surface area contributed by atoms with E-state index in [4.69, 9.17) is 14.2 Å². The van der Waals surface area contributed by atoms with Crippen LogP contribution in [0, 0.1) is 0 Å². The third-order valence-corrected chi connectivity index (χ3v) is 5.95. The van der Waals surface area contributed by atoms with Crippen LogP contribution in [0.2, 0.25) is 0 Å². The van der Waals surface area contributed by atoms with E-state index in [2.05, 4.69) is 0 Å². The zero-order valence-electron chi connectivity index (χ0n) is 14.7. The van der Waals surface area contributed by atoms with Gasteiger partial charge in [0.05, 0.1) is 19.3 Å². The zero-order valence-corrected chi connectivity index (χ0v) is 15.5. The van der Waals surface area contributed by atoms with Gasteiger partial charge in [-0.1, -0.05) is 30.3 Å². The lowest BCUT2D eigenvalue weighted by Gasteiger charge is -2.42. The fraction of sp³-hybridized carbons (Fsp3) is 0.667. The standard InChI is InChI=1S/C18H26O8S/c19-7-13-15(22)11(20)6-14(25-13)26-17-12(21)8-24-18(16(17)23)27-9-10-4-2-1-3-5-10/h1-5,11-23H,6-9H2/t11-,12-,13-,14+,15+,16-,17+,18+/m1/s1. The number of hydrogen-bond acceptors (Lipinski definition) is 9. The topological polar surface area (TPSA) is 129 Å². The lowest BCUT2D eigenvalue weighted by Crippen LogP contribution is -2.57.